The third-order valence-corrected chi connectivity index (χ3v) is 1.03. The van der Waals surface area contributed by atoms with Crippen LogP contribution in [0.2, 0.25) is 0 Å². The van der Waals surface area contributed by atoms with Crippen molar-refractivity contribution in [1.29, 1.82) is 0 Å². The van der Waals surface area contributed by atoms with E-state index in [9.17, 15) is 4.79 Å². The quantitative estimate of drug-likeness (QED) is 0.615. The summed E-state index contributed by atoms with van der Waals surface area (Å²) in [6, 6.07) is 0. The normalized spacial score (nSPS) is 9.55. The Labute approximate surface area is 63.1 Å². The highest BCUT2D eigenvalue weighted by molar-refractivity contribution is 5.07. The van der Waals surface area contributed by atoms with E-state index in [1.54, 1.807) is 13.0 Å². The molecule has 0 aliphatic heterocycles. The first-order valence-corrected chi connectivity index (χ1v) is 3.08. The molecule has 0 N–H and O–H groups in total. The Hall–Kier alpha value is -1.45. The highest BCUT2D eigenvalue weighted by Gasteiger charge is 2.07. The minimum absolute atomic E-state index is 0.120. The molecule has 0 bridgehead atoms. The van der Waals surface area contributed by atoms with E-state index in [0.29, 0.717) is 12.4 Å². The molecule has 0 aliphatic rings. The van der Waals surface area contributed by atoms with E-state index in [1.165, 1.54) is 0 Å². The van der Waals surface area contributed by atoms with Gasteiger partial charge in [0.25, 0.3) is 0 Å². The lowest BCUT2D eigenvalue weighted by Gasteiger charge is -1.94. The predicted octanol–water partition coefficient (Wildman–Crippen LogP) is 1.11. The summed E-state index contributed by atoms with van der Waals surface area (Å²) in [5.41, 5.74) is 0. The van der Waals surface area contributed by atoms with Gasteiger partial charge in [0.15, 0.2) is 5.76 Å². The fourth-order valence-electron chi connectivity index (χ4n) is 0.601. The molecule has 0 saturated heterocycles. The molecule has 1 aromatic heterocycles. The Morgan fingerprint density at radius 2 is 2.36 bits per heavy atom. The van der Waals surface area contributed by atoms with Gasteiger partial charge in [0, 0.05) is 6.92 Å². The summed E-state index contributed by atoms with van der Waals surface area (Å²) in [4.78, 5) is 10.4. The molecule has 0 fully saturated rings. The number of rotatable bonds is 3. The second kappa shape index (κ2) is 3.09. The maximum atomic E-state index is 10.4. The van der Waals surface area contributed by atoms with Gasteiger partial charge in [-0.25, -0.2) is 4.79 Å². The van der Waals surface area contributed by atoms with Gasteiger partial charge >= 0.3 is 11.8 Å². The molecule has 0 aromatic carbocycles. The minimum Gasteiger partial charge on any atom is -0.458 e. The molecule has 0 aliphatic carbocycles. The van der Waals surface area contributed by atoms with Crippen molar-refractivity contribution in [2.75, 3.05) is 6.61 Å². The zero-order chi connectivity index (χ0) is 8.27. The van der Waals surface area contributed by atoms with Crippen LogP contribution in [0.1, 0.15) is 5.76 Å². The summed E-state index contributed by atoms with van der Waals surface area (Å²) < 4.78 is 14.0. The summed E-state index contributed by atoms with van der Waals surface area (Å²) in [6.45, 7) is 5.32. The molecule has 1 rings (SSSR count). The topological polar surface area (TPSA) is 52.6 Å². The van der Waals surface area contributed by atoms with Crippen LogP contribution in [0.4, 0.5) is 0 Å². The van der Waals surface area contributed by atoms with Crippen molar-refractivity contribution in [3.8, 4) is 5.95 Å². The first-order valence-electron chi connectivity index (χ1n) is 3.08. The lowest BCUT2D eigenvalue weighted by Crippen LogP contribution is -1.92. The third-order valence-electron chi connectivity index (χ3n) is 1.03. The highest BCUT2D eigenvalue weighted by atomic mass is 16.7. The Kier molecular flexibility index (Phi) is 2.15. The third kappa shape index (κ3) is 1.73. The van der Waals surface area contributed by atoms with Gasteiger partial charge in [-0.2, -0.15) is 0 Å². The fourth-order valence-corrected chi connectivity index (χ4v) is 0.601. The lowest BCUT2D eigenvalue weighted by atomic mass is 10.6. The summed E-state index contributed by atoms with van der Waals surface area (Å²) in [5, 5.41) is 0. The fraction of sp³-hybridized carbons (Fsp3) is 0.286. The van der Waals surface area contributed by atoms with E-state index in [0.717, 1.165) is 0 Å². The van der Waals surface area contributed by atoms with Gasteiger partial charge in [-0.05, 0) is 0 Å². The number of hydrogen-bond donors (Lipinski definition) is 0. The highest BCUT2D eigenvalue weighted by Crippen LogP contribution is 2.13. The lowest BCUT2D eigenvalue weighted by molar-refractivity contribution is 0.258. The molecule has 11 heavy (non-hydrogen) atoms. The maximum absolute atomic E-state index is 10.4. The van der Waals surface area contributed by atoms with Gasteiger partial charge in [0.1, 0.15) is 6.61 Å². The smallest absolute Gasteiger partial charge is 0.458 e. The molecule has 0 unspecified atom stereocenters. The van der Waals surface area contributed by atoms with E-state index in [4.69, 9.17) is 4.74 Å². The summed E-state index contributed by atoms with van der Waals surface area (Å²) in [7, 11) is 0. The van der Waals surface area contributed by atoms with Crippen molar-refractivity contribution in [2.24, 2.45) is 0 Å². The summed E-state index contributed by atoms with van der Waals surface area (Å²) in [5.74, 6) is -0.284. The van der Waals surface area contributed by atoms with Crippen molar-refractivity contribution in [1.82, 2.24) is 0 Å². The molecule has 0 spiro atoms. The zero-order valence-electron chi connectivity index (χ0n) is 6.12. The number of ether oxygens (including phenoxy) is 1. The molecule has 4 nitrogen and oxygen atoms in total. The van der Waals surface area contributed by atoms with Gasteiger partial charge in [-0.1, -0.05) is 12.7 Å². The van der Waals surface area contributed by atoms with Crippen LogP contribution >= 0.6 is 0 Å². The van der Waals surface area contributed by atoms with Crippen molar-refractivity contribution in [3.05, 3.63) is 29.0 Å². The van der Waals surface area contributed by atoms with Crippen LogP contribution in [0.3, 0.4) is 0 Å². The Balaban J connectivity index is 2.77. The van der Waals surface area contributed by atoms with Crippen LogP contribution in [0, 0.1) is 6.92 Å². The van der Waals surface area contributed by atoms with Crippen LogP contribution in [0.25, 0.3) is 0 Å². The second-order valence-corrected chi connectivity index (χ2v) is 1.90. The maximum Gasteiger partial charge on any atom is 0.521 e. The molecule has 1 aromatic rings. The van der Waals surface area contributed by atoms with E-state index >= 15 is 0 Å². The Bertz CT molecular complexity index is 294. The molecular formula is C7H8O4. The second-order valence-electron chi connectivity index (χ2n) is 1.90. The van der Waals surface area contributed by atoms with E-state index < -0.39 is 5.82 Å². The standard InChI is InChI=1S/C7H8O4/c1-3-4-9-6-5(2)10-7(8)11-6/h3H,1,4H2,2H3. The van der Waals surface area contributed by atoms with Crippen LogP contribution in [0.15, 0.2) is 26.3 Å². The summed E-state index contributed by atoms with van der Waals surface area (Å²) in [6.07, 6.45) is 1.55. The van der Waals surface area contributed by atoms with Crippen LogP contribution in [-0.2, 0) is 0 Å². The van der Waals surface area contributed by atoms with Crippen LogP contribution in [0.5, 0.6) is 5.95 Å². The van der Waals surface area contributed by atoms with Crippen molar-refractivity contribution in [3.63, 3.8) is 0 Å². The van der Waals surface area contributed by atoms with E-state index in [-0.39, 0.29) is 5.95 Å². The van der Waals surface area contributed by atoms with Gasteiger partial charge in [-0.3, -0.25) is 0 Å². The van der Waals surface area contributed by atoms with Crippen molar-refractivity contribution < 1.29 is 13.6 Å². The monoisotopic (exact) mass is 156 g/mol. The minimum atomic E-state index is -0.749. The Morgan fingerprint density at radius 1 is 1.64 bits per heavy atom. The van der Waals surface area contributed by atoms with Gasteiger partial charge in [0.2, 0.25) is 0 Å². The molecule has 0 saturated carbocycles. The molecular weight excluding hydrogens is 148 g/mol. The SMILES string of the molecule is C=CCOc1oc(=O)oc1C. The molecule has 4 heteroatoms. The Morgan fingerprint density at radius 3 is 2.82 bits per heavy atom. The van der Waals surface area contributed by atoms with Gasteiger partial charge in [-0.15, -0.1) is 0 Å². The van der Waals surface area contributed by atoms with E-state index in [1.807, 2.05) is 0 Å². The first-order chi connectivity index (χ1) is 5.24. The average Bonchev–Trinajstić information content (AvgIpc) is 2.26. The van der Waals surface area contributed by atoms with Crippen molar-refractivity contribution >= 4 is 0 Å². The molecule has 1 heterocycles. The average molecular weight is 156 g/mol. The first kappa shape index (κ1) is 7.65. The van der Waals surface area contributed by atoms with E-state index in [2.05, 4.69) is 15.4 Å². The van der Waals surface area contributed by atoms with Crippen LogP contribution in [-0.4, -0.2) is 6.61 Å². The summed E-state index contributed by atoms with van der Waals surface area (Å²) >= 11 is 0. The largest absolute Gasteiger partial charge is 0.521 e. The van der Waals surface area contributed by atoms with Gasteiger partial charge in [0.05, 0.1) is 0 Å². The molecule has 0 atom stereocenters. The van der Waals surface area contributed by atoms with Crippen LogP contribution < -0.4 is 10.6 Å². The van der Waals surface area contributed by atoms with Crippen molar-refractivity contribution in [2.45, 2.75) is 6.92 Å². The molecule has 0 radical (unpaired) electrons. The van der Waals surface area contributed by atoms with Gasteiger partial charge < -0.3 is 13.6 Å². The molecule has 60 valence electrons. The number of hydrogen-bond acceptors (Lipinski definition) is 4. The molecule has 0 amide bonds. The zero-order valence-corrected chi connectivity index (χ0v) is 6.12. The number of aryl methyl sites for hydroxylation is 1. The predicted molar refractivity (Wildman–Crippen MR) is 37.7 cm³/mol.